The highest BCUT2D eigenvalue weighted by Gasteiger charge is 2.44. The molecule has 0 aliphatic carbocycles. The van der Waals surface area contributed by atoms with Crippen molar-refractivity contribution >= 4 is 0 Å². The van der Waals surface area contributed by atoms with E-state index in [-0.39, 0.29) is 25.2 Å². The second-order valence-corrected chi connectivity index (χ2v) is 5.75. The van der Waals surface area contributed by atoms with Gasteiger partial charge in [-0.25, -0.2) is 0 Å². The van der Waals surface area contributed by atoms with E-state index < -0.39 is 59.4 Å². The molecule has 0 bridgehead atoms. The van der Waals surface area contributed by atoms with E-state index in [2.05, 4.69) is 4.74 Å². The molecule has 158 valence electrons. The zero-order chi connectivity index (χ0) is 21.9. The van der Waals surface area contributed by atoms with Crippen molar-refractivity contribution in [3.05, 3.63) is 34.4 Å². The fourth-order valence-electron chi connectivity index (χ4n) is 2.32. The lowest BCUT2D eigenvalue weighted by Crippen LogP contribution is -2.33. The zero-order valence-electron chi connectivity index (χ0n) is 14.1. The quantitative estimate of drug-likeness (QED) is 0.626. The van der Waals surface area contributed by atoms with E-state index in [0.717, 1.165) is 6.07 Å². The maximum atomic E-state index is 13.1. The van der Waals surface area contributed by atoms with Crippen LogP contribution in [0.2, 0.25) is 0 Å². The average Bonchev–Trinajstić information content (AvgIpc) is 2.54. The molecule has 0 heterocycles. The molecule has 2 atom stereocenters. The Morgan fingerprint density at radius 2 is 1.46 bits per heavy atom. The molecule has 28 heavy (non-hydrogen) atoms. The molecule has 1 rings (SSSR count). The van der Waals surface area contributed by atoms with E-state index in [1.54, 1.807) is 0 Å². The molecule has 3 nitrogen and oxygen atoms in total. The number of aliphatic hydroxyl groups is 1. The first kappa shape index (κ1) is 24.0. The van der Waals surface area contributed by atoms with Crippen LogP contribution in [0.5, 0.6) is 0 Å². The molecular formula is C16H14F9NO2. The van der Waals surface area contributed by atoms with E-state index >= 15 is 0 Å². The van der Waals surface area contributed by atoms with Gasteiger partial charge in [0.05, 0.1) is 22.8 Å². The molecule has 0 amide bonds. The highest BCUT2D eigenvalue weighted by molar-refractivity contribution is 5.50. The van der Waals surface area contributed by atoms with Crippen molar-refractivity contribution in [2.75, 3.05) is 6.61 Å². The van der Waals surface area contributed by atoms with Crippen LogP contribution in [0.1, 0.15) is 48.1 Å². The first-order valence-electron chi connectivity index (χ1n) is 7.71. The van der Waals surface area contributed by atoms with Crippen LogP contribution in [0, 0.1) is 11.3 Å². The Labute approximate surface area is 153 Å². The highest BCUT2D eigenvalue weighted by Crippen LogP contribution is 2.42. The van der Waals surface area contributed by atoms with E-state index in [1.807, 2.05) is 0 Å². The molecule has 0 radical (unpaired) electrons. The lowest BCUT2D eigenvalue weighted by molar-refractivity contribution is -0.227. The Morgan fingerprint density at radius 1 is 1.00 bits per heavy atom. The number of aliphatic hydroxyl groups excluding tert-OH is 1. The van der Waals surface area contributed by atoms with Crippen molar-refractivity contribution in [2.24, 2.45) is 0 Å². The van der Waals surface area contributed by atoms with Crippen molar-refractivity contribution in [3.63, 3.8) is 0 Å². The Hall–Kier alpha value is -2.00. The van der Waals surface area contributed by atoms with Gasteiger partial charge in [0, 0.05) is 13.0 Å². The monoisotopic (exact) mass is 423 g/mol. The molecule has 12 heteroatoms. The van der Waals surface area contributed by atoms with E-state index in [4.69, 9.17) is 5.26 Å². The normalized spacial score (nSPS) is 15.2. The van der Waals surface area contributed by atoms with Gasteiger partial charge in [0.15, 0.2) is 6.10 Å². The van der Waals surface area contributed by atoms with Gasteiger partial charge in [0.25, 0.3) is 0 Å². The van der Waals surface area contributed by atoms with Crippen LogP contribution in [0.25, 0.3) is 0 Å². The van der Waals surface area contributed by atoms with E-state index in [9.17, 15) is 44.6 Å². The van der Waals surface area contributed by atoms with Gasteiger partial charge < -0.3 is 9.84 Å². The summed E-state index contributed by atoms with van der Waals surface area (Å²) in [6.45, 7) is 1.10. The summed E-state index contributed by atoms with van der Waals surface area (Å²) in [6, 6.07) is 0.877. The minimum Gasteiger partial charge on any atom is -0.388 e. The molecule has 1 aromatic carbocycles. The standard InChI is InChI=1S/C16H14F9NO2/c1-2-3-28-13(16(23,24)25)6-12(27)8-4-10(14(17,18)19)9(7-26)11(5-8)15(20,21)22/h4-5,12-13,27H,2-3,6H2,1H3. The Kier molecular flexibility index (Phi) is 7.35. The number of hydrogen-bond donors (Lipinski definition) is 1. The van der Waals surface area contributed by atoms with Crippen molar-refractivity contribution in [1.29, 1.82) is 5.26 Å². The minimum atomic E-state index is -5.40. The Balaban J connectivity index is 3.45. The Bertz CT molecular complexity index is 682. The van der Waals surface area contributed by atoms with Crippen molar-refractivity contribution in [2.45, 2.75) is 50.5 Å². The van der Waals surface area contributed by atoms with E-state index in [1.165, 1.54) is 6.92 Å². The number of nitriles is 1. The summed E-state index contributed by atoms with van der Waals surface area (Å²) in [5, 5.41) is 18.6. The molecule has 2 unspecified atom stereocenters. The minimum absolute atomic E-state index is 0.0334. The fourth-order valence-corrected chi connectivity index (χ4v) is 2.32. The lowest BCUT2D eigenvalue weighted by Gasteiger charge is -2.24. The van der Waals surface area contributed by atoms with E-state index in [0.29, 0.717) is 0 Å². The largest absolute Gasteiger partial charge is 0.417 e. The first-order valence-corrected chi connectivity index (χ1v) is 7.71. The summed E-state index contributed by atoms with van der Waals surface area (Å²) in [6.07, 6.45) is -21.9. The van der Waals surface area contributed by atoms with Crippen LogP contribution in [0.4, 0.5) is 39.5 Å². The van der Waals surface area contributed by atoms with Crippen molar-refractivity contribution < 1.29 is 49.4 Å². The van der Waals surface area contributed by atoms with Crippen LogP contribution in [-0.2, 0) is 17.1 Å². The van der Waals surface area contributed by atoms with Crippen molar-refractivity contribution in [3.8, 4) is 6.07 Å². The van der Waals surface area contributed by atoms with Gasteiger partial charge in [0.1, 0.15) is 6.07 Å². The molecule has 0 spiro atoms. The van der Waals surface area contributed by atoms with Gasteiger partial charge in [-0.2, -0.15) is 44.8 Å². The smallest absolute Gasteiger partial charge is 0.388 e. The summed E-state index contributed by atoms with van der Waals surface area (Å²) in [5.41, 5.74) is -6.80. The Morgan fingerprint density at radius 3 is 1.79 bits per heavy atom. The number of benzene rings is 1. The van der Waals surface area contributed by atoms with Gasteiger partial charge in [-0.1, -0.05) is 6.92 Å². The van der Waals surface area contributed by atoms with Gasteiger partial charge in [-0.05, 0) is 24.1 Å². The summed E-state index contributed by atoms with van der Waals surface area (Å²) >= 11 is 0. The molecule has 0 saturated heterocycles. The second kappa shape index (κ2) is 8.57. The number of halogens is 9. The molecular weight excluding hydrogens is 409 g/mol. The third-order valence-corrected chi connectivity index (χ3v) is 3.59. The number of ether oxygens (including phenoxy) is 1. The van der Waals surface area contributed by atoms with Crippen molar-refractivity contribution in [1.82, 2.24) is 0 Å². The predicted octanol–water partition coefficient (Wildman–Crippen LogP) is 5.38. The summed E-state index contributed by atoms with van der Waals surface area (Å²) < 4.78 is 122. The SMILES string of the molecule is CCCOC(CC(O)c1cc(C(F)(F)F)c(C#N)c(C(F)(F)F)c1)C(F)(F)F. The van der Waals surface area contributed by atoms with Crippen LogP contribution in [0.15, 0.2) is 12.1 Å². The molecule has 0 fully saturated rings. The second-order valence-electron chi connectivity index (χ2n) is 5.75. The molecule has 0 aliphatic heterocycles. The summed E-state index contributed by atoms with van der Waals surface area (Å²) in [5.74, 6) is 0. The van der Waals surface area contributed by atoms with Gasteiger partial charge >= 0.3 is 18.5 Å². The van der Waals surface area contributed by atoms with Crippen LogP contribution >= 0.6 is 0 Å². The van der Waals surface area contributed by atoms with Crippen LogP contribution < -0.4 is 0 Å². The van der Waals surface area contributed by atoms with Crippen LogP contribution in [-0.4, -0.2) is 24.0 Å². The maximum absolute atomic E-state index is 13.1. The number of alkyl halides is 9. The molecule has 1 aromatic rings. The predicted molar refractivity (Wildman–Crippen MR) is 76.8 cm³/mol. The lowest BCUT2D eigenvalue weighted by atomic mass is 9.93. The van der Waals surface area contributed by atoms with Crippen LogP contribution in [0.3, 0.4) is 0 Å². The fraction of sp³-hybridized carbons (Fsp3) is 0.562. The molecule has 1 N–H and O–H groups in total. The third kappa shape index (κ3) is 6.00. The third-order valence-electron chi connectivity index (χ3n) is 3.59. The molecule has 0 aromatic heterocycles. The number of hydrogen-bond acceptors (Lipinski definition) is 3. The number of rotatable bonds is 6. The molecule has 0 saturated carbocycles. The summed E-state index contributed by atoms with van der Waals surface area (Å²) in [7, 11) is 0. The van der Waals surface area contributed by atoms with Gasteiger partial charge in [-0.15, -0.1) is 0 Å². The maximum Gasteiger partial charge on any atom is 0.417 e. The van der Waals surface area contributed by atoms with Gasteiger partial charge in [-0.3, -0.25) is 0 Å². The zero-order valence-corrected chi connectivity index (χ0v) is 14.1. The van der Waals surface area contributed by atoms with Gasteiger partial charge in [0.2, 0.25) is 0 Å². The summed E-state index contributed by atoms with van der Waals surface area (Å²) in [4.78, 5) is 0. The highest BCUT2D eigenvalue weighted by atomic mass is 19.4. The first-order chi connectivity index (χ1) is 12.6. The average molecular weight is 423 g/mol. The number of nitrogens with zero attached hydrogens (tertiary/aromatic N) is 1. The topological polar surface area (TPSA) is 53.2 Å². The molecule has 0 aliphatic rings.